The molecule has 1 atom stereocenters. The molecule has 0 radical (unpaired) electrons. The van der Waals surface area contributed by atoms with Crippen molar-refractivity contribution in [2.75, 3.05) is 26.4 Å². The second-order valence-electron chi connectivity index (χ2n) is 5.11. The van der Waals surface area contributed by atoms with Crippen molar-refractivity contribution in [3.63, 3.8) is 0 Å². The van der Waals surface area contributed by atoms with E-state index in [0.29, 0.717) is 32.3 Å². The van der Waals surface area contributed by atoms with Crippen LogP contribution in [-0.4, -0.2) is 46.3 Å². The van der Waals surface area contributed by atoms with Gasteiger partial charge in [0, 0.05) is 19.1 Å². The summed E-state index contributed by atoms with van der Waals surface area (Å²) >= 11 is 0. The Bertz CT molecular complexity index is 587. The zero-order valence-corrected chi connectivity index (χ0v) is 12.4. The first-order valence-electron chi connectivity index (χ1n) is 7.32. The monoisotopic (exact) mass is 292 g/mol. The van der Waals surface area contributed by atoms with E-state index in [1.54, 1.807) is 0 Å². The van der Waals surface area contributed by atoms with Crippen molar-refractivity contribution in [3.05, 3.63) is 17.6 Å². The van der Waals surface area contributed by atoms with Crippen molar-refractivity contribution < 1.29 is 14.0 Å². The van der Waals surface area contributed by atoms with Gasteiger partial charge in [-0.1, -0.05) is 5.16 Å². The van der Waals surface area contributed by atoms with E-state index < -0.39 is 0 Å². The number of hydrogen-bond acceptors (Lipinski definition) is 6. The number of nitrogens with zero attached hydrogens (tertiary/aromatic N) is 4. The van der Waals surface area contributed by atoms with Crippen molar-refractivity contribution in [1.29, 1.82) is 0 Å². The molecular weight excluding hydrogens is 272 g/mol. The van der Waals surface area contributed by atoms with Crippen LogP contribution >= 0.6 is 0 Å². The van der Waals surface area contributed by atoms with Crippen LogP contribution in [0.5, 0.6) is 0 Å². The summed E-state index contributed by atoms with van der Waals surface area (Å²) in [5, 5.41) is 8.53. The average molecular weight is 292 g/mol. The number of aryl methyl sites for hydroxylation is 1. The first-order valence-corrected chi connectivity index (χ1v) is 7.32. The molecular formula is C14H20N4O3. The standard InChI is InChI=1S/C14H20N4O3/c1-3-19-7-5-18-12(8-10(2)16-18)14-15-13(17-21-14)11-4-6-20-9-11/h8,11H,3-7,9H2,1-2H3/t11-/m0/s1. The second kappa shape index (κ2) is 6.36. The number of hydrogen-bond donors (Lipinski definition) is 0. The molecule has 0 spiro atoms. The molecule has 0 amide bonds. The maximum Gasteiger partial charge on any atom is 0.276 e. The van der Waals surface area contributed by atoms with E-state index in [1.165, 1.54) is 0 Å². The molecule has 7 heteroatoms. The van der Waals surface area contributed by atoms with E-state index in [9.17, 15) is 0 Å². The molecule has 3 rings (SSSR count). The van der Waals surface area contributed by atoms with Crippen molar-refractivity contribution in [2.24, 2.45) is 0 Å². The van der Waals surface area contributed by atoms with E-state index >= 15 is 0 Å². The summed E-state index contributed by atoms with van der Waals surface area (Å²) in [4.78, 5) is 4.51. The summed E-state index contributed by atoms with van der Waals surface area (Å²) in [5.41, 5.74) is 1.76. The van der Waals surface area contributed by atoms with Gasteiger partial charge in [0.25, 0.3) is 5.89 Å². The zero-order valence-electron chi connectivity index (χ0n) is 12.4. The van der Waals surface area contributed by atoms with Crippen molar-refractivity contribution in [3.8, 4) is 11.6 Å². The molecule has 114 valence electrons. The van der Waals surface area contributed by atoms with Crippen LogP contribution in [0.15, 0.2) is 10.6 Å². The molecule has 0 aromatic carbocycles. The third-order valence-corrected chi connectivity index (χ3v) is 3.51. The highest BCUT2D eigenvalue weighted by molar-refractivity contribution is 5.47. The van der Waals surface area contributed by atoms with Crippen LogP contribution in [0.2, 0.25) is 0 Å². The van der Waals surface area contributed by atoms with Crippen LogP contribution in [0, 0.1) is 6.92 Å². The molecule has 0 saturated carbocycles. The van der Waals surface area contributed by atoms with Crippen molar-refractivity contribution in [1.82, 2.24) is 19.9 Å². The molecule has 0 bridgehead atoms. The maximum atomic E-state index is 5.41. The molecule has 1 fully saturated rings. The fourth-order valence-corrected chi connectivity index (χ4v) is 2.43. The van der Waals surface area contributed by atoms with Crippen molar-refractivity contribution >= 4 is 0 Å². The van der Waals surface area contributed by atoms with Gasteiger partial charge in [0.1, 0.15) is 5.69 Å². The zero-order chi connectivity index (χ0) is 14.7. The fraction of sp³-hybridized carbons (Fsp3) is 0.643. The van der Waals surface area contributed by atoms with Crippen LogP contribution in [-0.2, 0) is 16.0 Å². The molecule has 1 saturated heterocycles. The summed E-state index contributed by atoms with van der Waals surface area (Å²) in [6, 6.07) is 1.95. The maximum absolute atomic E-state index is 5.41. The molecule has 21 heavy (non-hydrogen) atoms. The lowest BCUT2D eigenvalue weighted by atomic mass is 10.1. The van der Waals surface area contributed by atoms with Gasteiger partial charge in [-0.2, -0.15) is 10.1 Å². The van der Waals surface area contributed by atoms with Crippen LogP contribution in [0.1, 0.15) is 30.8 Å². The third kappa shape index (κ3) is 3.14. The largest absolute Gasteiger partial charge is 0.381 e. The molecule has 0 unspecified atom stereocenters. The third-order valence-electron chi connectivity index (χ3n) is 3.51. The van der Waals surface area contributed by atoms with Gasteiger partial charge in [0.2, 0.25) is 0 Å². The molecule has 7 nitrogen and oxygen atoms in total. The average Bonchev–Trinajstić information content (AvgIpc) is 3.18. The normalized spacial score (nSPS) is 18.5. The fourth-order valence-electron chi connectivity index (χ4n) is 2.43. The van der Waals surface area contributed by atoms with E-state index in [-0.39, 0.29) is 5.92 Å². The van der Waals surface area contributed by atoms with Gasteiger partial charge < -0.3 is 14.0 Å². The Kier molecular flexibility index (Phi) is 4.31. The Labute approximate surface area is 123 Å². The van der Waals surface area contributed by atoms with Crippen LogP contribution in [0.25, 0.3) is 11.6 Å². The van der Waals surface area contributed by atoms with E-state index in [4.69, 9.17) is 14.0 Å². The predicted octanol–water partition coefficient (Wildman–Crippen LogP) is 1.78. The van der Waals surface area contributed by atoms with Crippen LogP contribution in [0.3, 0.4) is 0 Å². The van der Waals surface area contributed by atoms with Gasteiger partial charge in [0.15, 0.2) is 5.82 Å². The number of ether oxygens (including phenoxy) is 2. The highest BCUT2D eigenvalue weighted by atomic mass is 16.5. The number of aromatic nitrogens is 4. The van der Waals surface area contributed by atoms with Gasteiger partial charge in [-0.15, -0.1) is 0 Å². The molecule has 2 aromatic heterocycles. The van der Waals surface area contributed by atoms with Gasteiger partial charge in [-0.3, -0.25) is 4.68 Å². The smallest absolute Gasteiger partial charge is 0.276 e. The highest BCUT2D eigenvalue weighted by Gasteiger charge is 2.24. The summed E-state index contributed by atoms with van der Waals surface area (Å²) in [6.07, 6.45) is 0.946. The Hall–Kier alpha value is -1.73. The van der Waals surface area contributed by atoms with Gasteiger partial charge in [-0.25, -0.2) is 0 Å². The van der Waals surface area contributed by atoms with Gasteiger partial charge in [-0.05, 0) is 26.3 Å². The summed E-state index contributed by atoms with van der Waals surface area (Å²) in [5.74, 6) is 1.47. The molecule has 0 N–H and O–H groups in total. The molecule has 3 heterocycles. The Morgan fingerprint density at radius 3 is 3.14 bits per heavy atom. The summed E-state index contributed by atoms with van der Waals surface area (Å²) in [7, 11) is 0. The Balaban J connectivity index is 1.79. The quantitative estimate of drug-likeness (QED) is 0.755. The Morgan fingerprint density at radius 2 is 2.38 bits per heavy atom. The second-order valence-corrected chi connectivity index (χ2v) is 5.11. The number of rotatable bonds is 6. The van der Waals surface area contributed by atoms with E-state index in [0.717, 1.165) is 30.2 Å². The minimum atomic E-state index is 0.239. The van der Waals surface area contributed by atoms with E-state index in [2.05, 4.69) is 15.2 Å². The minimum absolute atomic E-state index is 0.239. The Morgan fingerprint density at radius 1 is 1.48 bits per heavy atom. The summed E-state index contributed by atoms with van der Waals surface area (Å²) in [6.45, 7) is 7.33. The predicted molar refractivity (Wildman–Crippen MR) is 74.9 cm³/mol. The van der Waals surface area contributed by atoms with Gasteiger partial charge in [0.05, 0.1) is 25.5 Å². The molecule has 1 aliphatic rings. The SMILES string of the molecule is CCOCCn1nc(C)cc1-c1nc([C@H]2CCOC2)no1. The lowest BCUT2D eigenvalue weighted by molar-refractivity contribution is 0.136. The highest BCUT2D eigenvalue weighted by Crippen LogP contribution is 2.26. The minimum Gasteiger partial charge on any atom is -0.381 e. The first kappa shape index (κ1) is 14.2. The first-order chi connectivity index (χ1) is 10.3. The lowest BCUT2D eigenvalue weighted by Crippen LogP contribution is -2.09. The van der Waals surface area contributed by atoms with Crippen LogP contribution < -0.4 is 0 Å². The summed E-state index contributed by atoms with van der Waals surface area (Å²) < 4.78 is 18.0. The molecule has 2 aromatic rings. The van der Waals surface area contributed by atoms with Crippen LogP contribution in [0.4, 0.5) is 0 Å². The molecule has 1 aliphatic heterocycles. The van der Waals surface area contributed by atoms with Crippen molar-refractivity contribution in [2.45, 2.75) is 32.7 Å². The van der Waals surface area contributed by atoms with E-state index in [1.807, 2.05) is 24.6 Å². The lowest BCUT2D eigenvalue weighted by Gasteiger charge is -2.04. The van der Waals surface area contributed by atoms with Gasteiger partial charge >= 0.3 is 0 Å². The molecule has 0 aliphatic carbocycles. The topological polar surface area (TPSA) is 75.2 Å².